The molecule has 166 valence electrons. The third-order valence-electron chi connectivity index (χ3n) is 5.93. The van der Waals surface area contributed by atoms with Crippen molar-refractivity contribution in [2.24, 2.45) is 5.41 Å². The van der Waals surface area contributed by atoms with Gasteiger partial charge < -0.3 is 21.3 Å². The molecule has 2 aliphatic rings. The summed E-state index contributed by atoms with van der Waals surface area (Å²) >= 11 is 0. The summed E-state index contributed by atoms with van der Waals surface area (Å²) in [6.07, 6.45) is 9.17. The molecule has 4 heterocycles. The Kier molecular flexibility index (Phi) is 5.05. The highest BCUT2D eigenvalue weighted by Gasteiger charge is 2.39. The normalized spacial score (nSPS) is 18.8. The number of dihydropyridines is 1. The minimum atomic E-state index is -0.400. The fraction of sp³-hybridized carbons (Fsp3) is 0.200. The standard InChI is InChI=1S/C25H24N6O2/c1-25(2)13-20(32)31-23-21(25)19(8-11-28-23)30-24(33)18-4-3-9-27-22(18)29-17-6-5-15-7-10-26-14-16(15)12-17/h3-12,14,19,28H,13H2,1-2H3,(H,27,29)(H,30,33)(H,31,32). The number of rotatable bonds is 4. The Morgan fingerprint density at radius 1 is 1.15 bits per heavy atom. The SMILES string of the molecule is CC1(C)CC(=O)NC2=C1C(NC(=O)c1cccnc1Nc1ccc3ccncc3c1)C=CN2. The Bertz CT molecular complexity index is 1330. The molecule has 2 amide bonds. The number of fused-ring (bicyclic) bond motifs is 1. The summed E-state index contributed by atoms with van der Waals surface area (Å²) in [5.41, 5.74) is 1.78. The monoisotopic (exact) mass is 440 g/mol. The maximum atomic E-state index is 13.3. The van der Waals surface area contributed by atoms with E-state index in [1.165, 1.54) is 0 Å². The van der Waals surface area contributed by atoms with Gasteiger partial charge in [0.1, 0.15) is 11.6 Å². The van der Waals surface area contributed by atoms with Gasteiger partial charge >= 0.3 is 0 Å². The highest BCUT2D eigenvalue weighted by atomic mass is 16.2. The molecule has 4 N–H and O–H groups in total. The van der Waals surface area contributed by atoms with Crippen molar-refractivity contribution in [3.63, 3.8) is 0 Å². The Labute approximate surface area is 191 Å². The summed E-state index contributed by atoms with van der Waals surface area (Å²) in [6.45, 7) is 4.01. The maximum absolute atomic E-state index is 13.3. The van der Waals surface area contributed by atoms with Gasteiger partial charge in [-0.15, -0.1) is 0 Å². The summed E-state index contributed by atoms with van der Waals surface area (Å²) in [5, 5.41) is 14.4. The number of carbonyl (C=O) groups excluding carboxylic acids is 2. The van der Waals surface area contributed by atoms with Gasteiger partial charge in [0.15, 0.2) is 0 Å². The molecule has 0 fully saturated rings. The Morgan fingerprint density at radius 2 is 2.03 bits per heavy atom. The van der Waals surface area contributed by atoms with Crippen molar-refractivity contribution in [3.8, 4) is 0 Å². The minimum Gasteiger partial charge on any atom is -0.348 e. The van der Waals surface area contributed by atoms with Gasteiger partial charge in [0.25, 0.3) is 5.91 Å². The van der Waals surface area contributed by atoms with Gasteiger partial charge in [0, 0.05) is 53.3 Å². The largest absolute Gasteiger partial charge is 0.348 e. The molecule has 2 aromatic heterocycles. The van der Waals surface area contributed by atoms with Crippen LogP contribution in [0.1, 0.15) is 30.6 Å². The van der Waals surface area contributed by atoms with E-state index >= 15 is 0 Å². The van der Waals surface area contributed by atoms with Gasteiger partial charge in [-0.05, 0) is 41.8 Å². The number of carbonyl (C=O) groups is 2. The van der Waals surface area contributed by atoms with Crippen molar-refractivity contribution >= 4 is 34.1 Å². The van der Waals surface area contributed by atoms with Crippen LogP contribution in [0.25, 0.3) is 10.8 Å². The summed E-state index contributed by atoms with van der Waals surface area (Å²) in [6, 6.07) is 11.0. The van der Waals surface area contributed by atoms with Crippen molar-refractivity contribution in [2.45, 2.75) is 26.3 Å². The molecule has 5 rings (SSSR count). The van der Waals surface area contributed by atoms with Crippen LogP contribution in [-0.4, -0.2) is 27.8 Å². The summed E-state index contributed by atoms with van der Waals surface area (Å²) in [4.78, 5) is 34.0. The second-order valence-corrected chi connectivity index (χ2v) is 8.81. The van der Waals surface area contributed by atoms with Gasteiger partial charge in [-0.2, -0.15) is 0 Å². The first kappa shape index (κ1) is 20.7. The quantitative estimate of drug-likeness (QED) is 0.496. The molecule has 0 spiro atoms. The van der Waals surface area contributed by atoms with E-state index in [0.29, 0.717) is 23.6 Å². The van der Waals surface area contributed by atoms with Gasteiger partial charge in [-0.1, -0.05) is 19.9 Å². The molecule has 3 aromatic rings. The molecule has 8 nitrogen and oxygen atoms in total. The predicted octanol–water partition coefficient (Wildman–Crippen LogP) is 3.35. The summed E-state index contributed by atoms with van der Waals surface area (Å²) in [5.74, 6) is 0.792. The number of nitrogens with one attached hydrogen (secondary N) is 4. The molecule has 1 unspecified atom stereocenters. The fourth-order valence-electron chi connectivity index (χ4n) is 4.43. The van der Waals surface area contributed by atoms with Crippen LogP contribution in [0, 0.1) is 5.41 Å². The van der Waals surface area contributed by atoms with Crippen molar-refractivity contribution in [2.75, 3.05) is 5.32 Å². The van der Waals surface area contributed by atoms with E-state index in [2.05, 4.69) is 31.2 Å². The lowest BCUT2D eigenvalue weighted by atomic mass is 9.74. The zero-order valence-corrected chi connectivity index (χ0v) is 18.3. The number of aromatic nitrogens is 2. The van der Waals surface area contributed by atoms with Crippen LogP contribution in [0.15, 0.2) is 78.7 Å². The van der Waals surface area contributed by atoms with Gasteiger partial charge in [-0.3, -0.25) is 14.6 Å². The van der Waals surface area contributed by atoms with E-state index in [1.54, 1.807) is 36.9 Å². The van der Waals surface area contributed by atoms with Crippen molar-refractivity contribution in [1.82, 2.24) is 25.9 Å². The lowest BCUT2D eigenvalue weighted by Crippen LogP contribution is -2.50. The molecule has 0 bridgehead atoms. The van der Waals surface area contributed by atoms with E-state index in [0.717, 1.165) is 22.0 Å². The van der Waals surface area contributed by atoms with Crippen LogP contribution < -0.4 is 21.3 Å². The average molecular weight is 441 g/mol. The van der Waals surface area contributed by atoms with Gasteiger partial charge in [0.05, 0.1) is 11.6 Å². The second-order valence-electron chi connectivity index (χ2n) is 8.81. The predicted molar refractivity (Wildman–Crippen MR) is 126 cm³/mol. The lowest BCUT2D eigenvalue weighted by Gasteiger charge is -2.39. The molecule has 33 heavy (non-hydrogen) atoms. The number of pyridine rings is 2. The van der Waals surface area contributed by atoms with E-state index in [9.17, 15) is 9.59 Å². The minimum absolute atomic E-state index is 0.0454. The molecule has 8 heteroatoms. The molecule has 0 aliphatic carbocycles. The zero-order valence-electron chi connectivity index (χ0n) is 18.3. The van der Waals surface area contributed by atoms with E-state index < -0.39 is 5.41 Å². The van der Waals surface area contributed by atoms with Crippen molar-refractivity contribution < 1.29 is 9.59 Å². The Morgan fingerprint density at radius 3 is 2.91 bits per heavy atom. The molecule has 0 saturated carbocycles. The fourth-order valence-corrected chi connectivity index (χ4v) is 4.43. The molecular formula is C25H24N6O2. The number of amides is 2. The van der Waals surface area contributed by atoms with Gasteiger partial charge in [-0.25, -0.2) is 4.98 Å². The Balaban J connectivity index is 1.41. The van der Waals surface area contributed by atoms with Gasteiger partial charge in [0.2, 0.25) is 5.91 Å². The highest BCUT2D eigenvalue weighted by molar-refractivity contribution is 6.00. The molecule has 2 aliphatic heterocycles. The third kappa shape index (κ3) is 4.03. The third-order valence-corrected chi connectivity index (χ3v) is 5.93. The van der Waals surface area contributed by atoms with E-state index in [1.807, 2.05) is 44.2 Å². The molecule has 1 aromatic carbocycles. The number of benzene rings is 1. The smallest absolute Gasteiger partial charge is 0.255 e. The second kappa shape index (κ2) is 8.05. The number of anilines is 2. The first-order chi connectivity index (χ1) is 15.9. The first-order valence-electron chi connectivity index (χ1n) is 10.8. The molecule has 0 saturated heterocycles. The summed E-state index contributed by atoms with van der Waals surface area (Å²) in [7, 11) is 0. The number of hydrogen-bond acceptors (Lipinski definition) is 6. The Hall–Kier alpha value is -4.20. The van der Waals surface area contributed by atoms with Crippen LogP contribution in [0.4, 0.5) is 11.5 Å². The van der Waals surface area contributed by atoms with Crippen LogP contribution >= 0.6 is 0 Å². The van der Waals surface area contributed by atoms with Crippen LogP contribution in [0.5, 0.6) is 0 Å². The lowest BCUT2D eigenvalue weighted by molar-refractivity contribution is -0.122. The number of hydrogen-bond donors (Lipinski definition) is 4. The van der Waals surface area contributed by atoms with Crippen molar-refractivity contribution in [1.29, 1.82) is 0 Å². The van der Waals surface area contributed by atoms with Crippen molar-refractivity contribution in [3.05, 3.63) is 84.2 Å². The highest BCUT2D eigenvalue weighted by Crippen LogP contribution is 2.38. The van der Waals surface area contributed by atoms with Crippen LogP contribution in [0.3, 0.4) is 0 Å². The number of nitrogens with zero attached hydrogens (tertiary/aromatic N) is 2. The van der Waals surface area contributed by atoms with Crippen LogP contribution in [-0.2, 0) is 4.79 Å². The average Bonchev–Trinajstić information content (AvgIpc) is 2.78. The first-order valence-corrected chi connectivity index (χ1v) is 10.8. The molecular weight excluding hydrogens is 416 g/mol. The maximum Gasteiger partial charge on any atom is 0.255 e. The topological polar surface area (TPSA) is 108 Å². The molecule has 1 atom stereocenters. The molecule has 0 radical (unpaired) electrons. The zero-order chi connectivity index (χ0) is 23.0. The van der Waals surface area contributed by atoms with E-state index in [-0.39, 0.29) is 17.9 Å². The van der Waals surface area contributed by atoms with E-state index in [4.69, 9.17) is 0 Å². The van der Waals surface area contributed by atoms with Crippen LogP contribution in [0.2, 0.25) is 0 Å². The summed E-state index contributed by atoms with van der Waals surface area (Å²) < 4.78 is 0.